The van der Waals surface area contributed by atoms with Crippen LogP contribution in [0.5, 0.6) is 5.75 Å². The summed E-state index contributed by atoms with van der Waals surface area (Å²) in [6.07, 6.45) is -3.48. The zero-order chi connectivity index (χ0) is 41.9. The lowest BCUT2D eigenvalue weighted by molar-refractivity contribution is -0.272. The monoisotopic (exact) mass is 896 g/mol. The number of hydrogen-bond donors (Lipinski definition) is 7. The van der Waals surface area contributed by atoms with Gasteiger partial charge in [0, 0.05) is 24.8 Å². The van der Waals surface area contributed by atoms with E-state index in [1.165, 1.54) is 16.3 Å². The Morgan fingerprint density at radius 3 is 2.19 bits per heavy atom. The lowest BCUT2D eigenvalue weighted by Crippen LogP contribution is -2.59. The zero-order valence-electron chi connectivity index (χ0n) is 31.9. The summed E-state index contributed by atoms with van der Waals surface area (Å²) in [5.74, 6) is -0.0359. The van der Waals surface area contributed by atoms with Gasteiger partial charge < -0.3 is 64.2 Å². The Bertz CT molecular complexity index is 1610. The van der Waals surface area contributed by atoms with Gasteiger partial charge in [-0.3, -0.25) is 19.1 Å². The van der Waals surface area contributed by atoms with Crippen LogP contribution in [0.4, 0.5) is 5.69 Å². The molecule has 0 aliphatic carbocycles. The Kier molecular flexibility index (Phi) is 21.1. The normalized spacial score (nSPS) is 22.4. The highest BCUT2D eigenvalue weighted by atomic mass is 32.7. The third-order valence-corrected chi connectivity index (χ3v) is 11.6. The summed E-state index contributed by atoms with van der Waals surface area (Å²) in [6, 6.07) is 6.55. The lowest BCUT2D eigenvalue weighted by Gasteiger charge is -2.40. The van der Waals surface area contributed by atoms with E-state index in [4.69, 9.17) is 50.4 Å². The Labute approximate surface area is 348 Å². The first-order valence-electron chi connectivity index (χ1n) is 18.8. The first kappa shape index (κ1) is 48.3. The molecule has 58 heavy (non-hydrogen) atoms. The van der Waals surface area contributed by atoms with Gasteiger partial charge >= 0.3 is 7.60 Å². The molecule has 24 heteroatoms. The van der Waals surface area contributed by atoms with E-state index in [1.54, 1.807) is 28.9 Å². The predicted octanol–water partition coefficient (Wildman–Crippen LogP) is 0.0588. The maximum atomic E-state index is 12.1. The summed E-state index contributed by atoms with van der Waals surface area (Å²) in [5.41, 5.74) is 1.54. The summed E-state index contributed by atoms with van der Waals surface area (Å²) in [6.45, 7) is 4.65. The number of likely N-dealkylation sites (tertiary alicyclic amines) is 1. The summed E-state index contributed by atoms with van der Waals surface area (Å²) in [4.78, 5) is 43.5. The molecule has 2 fully saturated rings. The van der Waals surface area contributed by atoms with Gasteiger partial charge in [0.2, 0.25) is 18.1 Å². The van der Waals surface area contributed by atoms with Crippen molar-refractivity contribution in [3.05, 3.63) is 36.2 Å². The van der Waals surface area contributed by atoms with Gasteiger partial charge in [0.1, 0.15) is 24.1 Å². The van der Waals surface area contributed by atoms with Crippen LogP contribution >= 0.6 is 39.6 Å². The summed E-state index contributed by atoms with van der Waals surface area (Å²) < 4.78 is 46.2. The molecule has 0 spiro atoms. The van der Waals surface area contributed by atoms with E-state index in [1.807, 2.05) is 6.20 Å². The van der Waals surface area contributed by atoms with Gasteiger partial charge in [0.25, 0.3) is 0 Å². The van der Waals surface area contributed by atoms with Crippen molar-refractivity contribution in [3.63, 3.8) is 0 Å². The van der Waals surface area contributed by atoms with Crippen LogP contribution in [0.1, 0.15) is 31.4 Å². The van der Waals surface area contributed by atoms with Gasteiger partial charge in [-0.05, 0) is 62.2 Å². The Hall–Kier alpha value is -2.40. The summed E-state index contributed by atoms with van der Waals surface area (Å²) in [7, 11) is -1.93. The summed E-state index contributed by atoms with van der Waals surface area (Å²) >= 11 is 6.70. The molecule has 0 radical (unpaired) electrons. The molecular weight excluding hydrogens is 842 g/mol. The fraction of sp³-hybridized carbons (Fsp3) is 0.676. The topological polar surface area (TPSA) is 266 Å². The van der Waals surface area contributed by atoms with Crippen molar-refractivity contribution in [2.24, 2.45) is 0 Å². The summed E-state index contributed by atoms with van der Waals surface area (Å²) in [5, 5.41) is 45.4. The van der Waals surface area contributed by atoms with Crippen molar-refractivity contribution in [1.29, 1.82) is 0 Å². The van der Waals surface area contributed by atoms with Crippen molar-refractivity contribution >= 4 is 62.3 Å². The second-order valence-electron chi connectivity index (χ2n) is 13.3. The second-order valence-corrected chi connectivity index (χ2v) is 17.1. The van der Waals surface area contributed by atoms with Crippen LogP contribution in [0.15, 0.2) is 30.5 Å². The lowest BCUT2D eigenvalue weighted by atomic mass is 9.97. The number of aromatic nitrogens is 3. The van der Waals surface area contributed by atoms with Crippen LogP contribution in [0.25, 0.3) is 0 Å². The third-order valence-electron chi connectivity index (χ3n) is 8.88. The van der Waals surface area contributed by atoms with Gasteiger partial charge in [0.05, 0.1) is 89.2 Å². The molecule has 2 aliphatic rings. The van der Waals surface area contributed by atoms with E-state index >= 15 is 0 Å². The van der Waals surface area contributed by atoms with E-state index in [0.717, 1.165) is 25.0 Å². The number of aryl methyl sites for hydroxylation is 1. The van der Waals surface area contributed by atoms with Gasteiger partial charge in [-0.15, -0.1) is 16.5 Å². The number of unbranched alkanes of at least 4 members (excludes halogenated alkanes) is 1. The van der Waals surface area contributed by atoms with E-state index in [0.29, 0.717) is 70.1 Å². The zero-order valence-corrected chi connectivity index (χ0v) is 35.6. The fourth-order valence-corrected chi connectivity index (χ4v) is 7.67. The molecule has 20 nitrogen and oxygen atoms in total. The number of thiocarbonyl (C=S) groups is 1. The Balaban J connectivity index is 0.960. The molecule has 2 unspecified atom stereocenters. The maximum absolute atomic E-state index is 12.1. The van der Waals surface area contributed by atoms with Crippen LogP contribution in [0.3, 0.4) is 0 Å². The molecular formula is C34H54N6O14P2S2. The Morgan fingerprint density at radius 2 is 1.57 bits per heavy atom. The molecule has 326 valence electrons. The molecule has 0 bridgehead atoms. The number of carbonyl (C=O) groups is 2. The molecule has 3 heterocycles. The van der Waals surface area contributed by atoms with Crippen LogP contribution in [-0.4, -0.2) is 170 Å². The average molecular weight is 897 g/mol. The number of amides is 2. The third kappa shape index (κ3) is 16.9. The van der Waals surface area contributed by atoms with E-state index < -0.39 is 44.5 Å². The highest BCUT2D eigenvalue weighted by molar-refractivity contribution is 8.44. The maximum Gasteiger partial charge on any atom is 0.325 e. The van der Waals surface area contributed by atoms with Gasteiger partial charge in [-0.1, -0.05) is 13.7 Å². The van der Waals surface area contributed by atoms with Crippen molar-refractivity contribution in [2.45, 2.75) is 74.6 Å². The molecule has 7 N–H and O–H groups in total. The quantitative estimate of drug-likeness (QED) is 0.0271. The SMILES string of the molecule is O=C1CC(SP)C(=O)N1CCOCCOCCOCCOCCn1cc(CCCCNC(=S)Nc2ccc(O[C@H]3O[C@H](CCP(=O)(O)O)[C@@H](O)[C@H](O)[C@@H]3O)cc2)nn1. The fourth-order valence-electron chi connectivity index (χ4n) is 5.74. The molecule has 7 atom stereocenters. The number of carbonyl (C=O) groups excluding carboxylic acids is 2. The number of anilines is 1. The van der Waals surface area contributed by atoms with Crippen molar-refractivity contribution in [1.82, 2.24) is 25.2 Å². The first-order valence-corrected chi connectivity index (χ1v) is 23.4. The predicted molar refractivity (Wildman–Crippen MR) is 218 cm³/mol. The minimum absolute atomic E-state index is 0.161. The van der Waals surface area contributed by atoms with Crippen LogP contribution in [0.2, 0.25) is 0 Å². The molecule has 1 aromatic carbocycles. The second kappa shape index (κ2) is 25.4. The molecule has 2 aliphatic heterocycles. The number of ether oxygens (including phenoxy) is 6. The number of imide groups is 1. The first-order chi connectivity index (χ1) is 27.8. The molecule has 1 aromatic heterocycles. The highest BCUT2D eigenvalue weighted by Gasteiger charge is 2.45. The van der Waals surface area contributed by atoms with Gasteiger partial charge in [0.15, 0.2) is 5.11 Å². The van der Waals surface area contributed by atoms with Gasteiger partial charge in [-0.2, -0.15) is 0 Å². The Morgan fingerprint density at radius 1 is 0.931 bits per heavy atom. The van der Waals surface area contributed by atoms with Crippen LogP contribution in [0, 0.1) is 0 Å². The number of rotatable bonds is 27. The highest BCUT2D eigenvalue weighted by Crippen LogP contribution is 2.37. The molecule has 4 rings (SSSR count). The average Bonchev–Trinajstić information content (AvgIpc) is 3.76. The standard InChI is InChI=1S/C34H54N6O14P2S2/c41-28-21-27(58-55)32(45)40(28)11-13-50-15-17-52-19-18-51-16-14-49-12-10-39-22-24(37-38-39)3-1-2-9-35-34(57)36-23-4-6-25(7-5-23)53-33-31(44)30(43)29(42)26(54-33)8-20-56(46,47)48/h4-7,22,26-27,29-31,33,42-44H,1-3,8-21,55H2,(H2,35,36,57)(H2,46,47,48)/t26-,27?,29-,30+,31+,33+/m1/s1. The van der Waals surface area contributed by atoms with Crippen molar-refractivity contribution in [2.75, 3.05) is 77.4 Å². The molecule has 2 aromatic rings. The molecule has 2 saturated heterocycles. The van der Waals surface area contributed by atoms with E-state index in [-0.39, 0.29) is 48.8 Å². The van der Waals surface area contributed by atoms with Crippen LogP contribution in [-0.2, 0) is 50.8 Å². The van der Waals surface area contributed by atoms with E-state index in [9.17, 15) is 29.5 Å². The molecule has 0 saturated carbocycles. The number of benzene rings is 1. The molecule has 2 amide bonds. The minimum Gasteiger partial charge on any atom is -0.462 e. The van der Waals surface area contributed by atoms with Gasteiger partial charge in [-0.25, -0.2) is 4.68 Å². The van der Waals surface area contributed by atoms with Crippen LogP contribution < -0.4 is 15.4 Å². The number of hydrogen-bond acceptors (Lipinski definition) is 16. The number of aliphatic hydroxyl groups excluding tert-OH is 3. The number of nitrogens with one attached hydrogen (secondary N) is 2. The van der Waals surface area contributed by atoms with Crippen molar-refractivity contribution < 1.29 is 67.7 Å². The number of nitrogens with zero attached hydrogens (tertiary/aromatic N) is 4. The largest absolute Gasteiger partial charge is 0.462 e. The minimum atomic E-state index is -4.36. The van der Waals surface area contributed by atoms with E-state index in [2.05, 4.69) is 29.4 Å². The smallest absolute Gasteiger partial charge is 0.325 e. The number of aliphatic hydroxyl groups is 3. The van der Waals surface area contributed by atoms with Crippen molar-refractivity contribution in [3.8, 4) is 5.75 Å².